The van der Waals surface area contributed by atoms with Crippen LogP contribution in [0.3, 0.4) is 0 Å². The first-order valence-electron chi connectivity index (χ1n) is 15.2. The molecule has 43 heavy (non-hydrogen) atoms. The second-order valence-corrected chi connectivity index (χ2v) is 10.8. The molecule has 8 nitrogen and oxygen atoms in total. The maximum Gasteiger partial charge on any atom is 0.260 e. The lowest BCUT2D eigenvalue weighted by atomic mass is 9.94. The molecule has 4 rings (SSSR count). The van der Waals surface area contributed by atoms with Gasteiger partial charge in [0, 0.05) is 38.7 Å². The number of ether oxygens (including phenoxy) is 4. The van der Waals surface area contributed by atoms with E-state index >= 15 is 0 Å². The molecule has 0 N–H and O–H groups in total. The molecular weight excluding hydrogens is 544 g/mol. The molecule has 3 aromatic carbocycles. The van der Waals surface area contributed by atoms with Crippen LogP contribution in [0, 0.1) is 0 Å². The summed E-state index contributed by atoms with van der Waals surface area (Å²) in [5.74, 6) is 1.97. The highest BCUT2D eigenvalue weighted by atomic mass is 16.5. The van der Waals surface area contributed by atoms with Crippen LogP contribution in [0.15, 0.2) is 72.8 Å². The topological polar surface area (TPSA) is 77.5 Å². The number of nitrogens with zero attached hydrogens (tertiary/aromatic N) is 2. The highest BCUT2D eigenvalue weighted by Gasteiger charge is 2.36. The maximum absolute atomic E-state index is 13.1. The van der Waals surface area contributed by atoms with Crippen LogP contribution in [0.25, 0.3) is 0 Å². The Balaban J connectivity index is 1.20. The summed E-state index contributed by atoms with van der Waals surface area (Å²) in [6.07, 6.45) is 2.08. The Morgan fingerprint density at radius 3 is 2.33 bits per heavy atom. The Morgan fingerprint density at radius 1 is 0.907 bits per heavy atom. The molecule has 1 aliphatic heterocycles. The number of carbonyl (C=O) groups excluding carboxylic acids is 2. The number of hydrogen-bond donors (Lipinski definition) is 0. The van der Waals surface area contributed by atoms with Gasteiger partial charge in [-0.15, -0.1) is 0 Å². The fraction of sp³-hybridized carbons (Fsp3) is 0.429. The smallest absolute Gasteiger partial charge is 0.260 e. The monoisotopic (exact) mass is 588 g/mol. The number of benzene rings is 3. The van der Waals surface area contributed by atoms with E-state index in [1.165, 1.54) is 0 Å². The average molecular weight is 589 g/mol. The molecule has 0 saturated heterocycles. The van der Waals surface area contributed by atoms with E-state index in [0.717, 1.165) is 29.7 Å². The molecule has 0 spiro atoms. The Bertz CT molecular complexity index is 1330. The van der Waals surface area contributed by atoms with Crippen molar-refractivity contribution in [1.82, 2.24) is 9.80 Å². The summed E-state index contributed by atoms with van der Waals surface area (Å²) in [6.45, 7) is 11.3. The van der Waals surface area contributed by atoms with Crippen molar-refractivity contribution in [1.29, 1.82) is 0 Å². The standard InChI is InChI=1S/C35H44N2O6/c1-5-36(6-2)34(39)35(4,43-7-3)24-27-15-17-29(18-16-27)40-22-12-11-21-37-26-42-32-23-30(19-20-31(32)33(37)38)41-25-28-13-9-8-10-14-28/h8-10,13-20,23H,5-7,11-12,21-22,24-26H2,1-4H3. The maximum atomic E-state index is 13.1. The number of rotatable bonds is 16. The van der Waals surface area contributed by atoms with E-state index < -0.39 is 5.60 Å². The summed E-state index contributed by atoms with van der Waals surface area (Å²) in [6, 6.07) is 23.1. The number of unbranched alkanes of at least 4 members (excludes halogenated alkanes) is 1. The molecule has 230 valence electrons. The van der Waals surface area contributed by atoms with Crippen molar-refractivity contribution in [3.63, 3.8) is 0 Å². The van der Waals surface area contributed by atoms with Crippen molar-refractivity contribution in [2.45, 2.75) is 59.2 Å². The first kappa shape index (κ1) is 31.9. The molecule has 0 aliphatic carbocycles. The minimum atomic E-state index is -0.905. The summed E-state index contributed by atoms with van der Waals surface area (Å²) in [4.78, 5) is 29.7. The minimum Gasteiger partial charge on any atom is -0.494 e. The van der Waals surface area contributed by atoms with Crippen LogP contribution in [0.4, 0.5) is 0 Å². The quantitative estimate of drug-likeness (QED) is 0.188. The summed E-state index contributed by atoms with van der Waals surface area (Å²) < 4.78 is 23.6. The molecule has 8 heteroatoms. The van der Waals surface area contributed by atoms with Gasteiger partial charge in [-0.3, -0.25) is 9.59 Å². The Morgan fingerprint density at radius 2 is 1.63 bits per heavy atom. The molecule has 0 bridgehead atoms. The second-order valence-electron chi connectivity index (χ2n) is 10.8. The Labute approximate surface area is 255 Å². The average Bonchev–Trinajstić information content (AvgIpc) is 3.03. The zero-order valence-electron chi connectivity index (χ0n) is 25.8. The van der Waals surface area contributed by atoms with Crippen LogP contribution >= 0.6 is 0 Å². The fourth-order valence-electron chi connectivity index (χ4n) is 5.21. The van der Waals surface area contributed by atoms with Gasteiger partial charge in [-0.25, -0.2) is 0 Å². The number of likely N-dealkylation sites (N-methyl/N-ethyl adjacent to an activating group) is 1. The normalized spacial score (nSPS) is 14.0. The zero-order chi connectivity index (χ0) is 30.7. The second kappa shape index (κ2) is 15.4. The van der Waals surface area contributed by atoms with Crippen molar-refractivity contribution in [3.05, 3.63) is 89.5 Å². The predicted molar refractivity (Wildman–Crippen MR) is 167 cm³/mol. The molecule has 0 saturated carbocycles. The van der Waals surface area contributed by atoms with Crippen molar-refractivity contribution < 1.29 is 28.5 Å². The molecule has 1 atom stereocenters. The van der Waals surface area contributed by atoms with Crippen molar-refractivity contribution >= 4 is 11.8 Å². The van der Waals surface area contributed by atoms with E-state index in [1.807, 2.05) is 93.3 Å². The van der Waals surface area contributed by atoms with Gasteiger partial charge in [0.1, 0.15) is 29.5 Å². The lowest BCUT2D eigenvalue weighted by Crippen LogP contribution is -2.50. The molecule has 1 unspecified atom stereocenters. The fourth-order valence-corrected chi connectivity index (χ4v) is 5.21. The molecule has 0 aromatic heterocycles. The van der Waals surface area contributed by atoms with E-state index in [9.17, 15) is 9.59 Å². The SMILES string of the molecule is CCOC(C)(Cc1ccc(OCCCCN2COc3cc(OCc4ccccc4)ccc3C2=O)cc1)C(=O)N(CC)CC. The Hall–Kier alpha value is -4.04. The summed E-state index contributed by atoms with van der Waals surface area (Å²) in [5.41, 5.74) is 1.74. The van der Waals surface area contributed by atoms with Gasteiger partial charge in [0.15, 0.2) is 6.73 Å². The van der Waals surface area contributed by atoms with Gasteiger partial charge >= 0.3 is 0 Å². The molecule has 3 aromatic rings. The largest absolute Gasteiger partial charge is 0.494 e. The van der Waals surface area contributed by atoms with Crippen LogP contribution in [0.1, 0.15) is 62.0 Å². The highest BCUT2D eigenvalue weighted by Crippen LogP contribution is 2.30. The van der Waals surface area contributed by atoms with Crippen LogP contribution < -0.4 is 14.2 Å². The third kappa shape index (κ3) is 8.51. The zero-order valence-corrected chi connectivity index (χ0v) is 25.8. The van der Waals surface area contributed by atoms with E-state index in [1.54, 1.807) is 17.0 Å². The number of amides is 2. The van der Waals surface area contributed by atoms with E-state index in [-0.39, 0.29) is 18.5 Å². The predicted octanol–water partition coefficient (Wildman–Crippen LogP) is 6.12. The number of carbonyl (C=O) groups is 2. The first-order chi connectivity index (χ1) is 20.9. The van der Waals surface area contributed by atoms with Crippen LogP contribution in [-0.4, -0.2) is 66.8 Å². The van der Waals surface area contributed by atoms with Gasteiger partial charge < -0.3 is 28.7 Å². The third-order valence-electron chi connectivity index (χ3n) is 7.62. The van der Waals surface area contributed by atoms with Gasteiger partial charge in [0.25, 0.3) is 11.8 Å². The number of fused-ring (bicyclic) bond motifs is 1. The van der Waals surface area contributed by atoms with Crippen molar-refractivity contribution in [2.75, 3.05) is 39.6 Å². The van der Waals surface area contributed by atoms with Gasteiger partial charge in [0.05, 0.1) is 12.2 Å². The Kier molecular flexibility index (Phi) is 11.4. The van der Waals surface area contributed by atoms with E-state index in [2.05, 4.69) is 0 Å². The van der Waals surface area contributed by atoms with Gasteiger partial charge in [-0.05, 0) is 75.9 Å². The number of hydrogen-bond acceptors (Lipinski definition) is 6. The van der Waals surface area contributed by atoms with Gasteiger partial charge in [-0.2, -0.15) is 0 Å². The lowest BCUT2D eigenvalue weighted by molar-refractivity contribution is -0.155. The summed E-state index contributed by atoms with van der Waals surface area (Å²) in [7, 11) is 0. The highest BCUT2D eigenvalue weighted by molar-refractivity contribution is 5.98. The van der Waals surface area contributed by atoms with E-state index in [0.29, 0.717) is 62.9 Å². The molecule has 2 amide bonds. The van der Waals surface area contributed by atoms with Crippen LogP contribution in [0.5, 0.6) is 17.2 Å². The third-order valence-corrected chi connectivity index (χ3v) is 7.62. The first-order valence-corrected chi connectivity index (χ1v) is 15.2. The molecule has 1 aliphatic rings. The summed E-state index contributed by atoms with van der Waals surface area (Å²) in [5, 5.41) is 0. The van der Waals surface area contributed by atoms with E-state index in [4.69, 9.17) is 18.9 Å². The molecule has 0 radical (unpaired) electrons. The van der Waals surface area contributed by atoms with Crippen molar-refractivity contribution in [3.8, 4) is 17.2 Å². The lowest BCUT2D eigenvalue weighted by Gasteiger charge is -2.33. The molecule has 1 heterocycles. The van der Waals surface area contributed by atoms with Crippen molar-refractivity contribution in [2.24, 2.45) is 0 Å². The molecule has 0 fully saturated rings. The summed E-state index contributed by atoms with van der Waals surface area (Å²) >= 11 is 0. The van der Waals surface area contributed by atoms with Crippen LogP contribution in [-0.2, 0) is 22.6 Å². The van der Waals surface area contributed by atoms with Gasteiger partial charge in [0.2, 0.25) is 0 Å². The van der Waals surface area contributed by atoms with Crippen LogP contribution in [0.2, 0.25) is 0 Å². The molecular formula is C35H44N2O6. The minimum absolute atomic E-state index is 0.0124. The van der Waals surface area contributed by atoms with Gasteiger partial charge in [-0.1, -0.05) is 42.5 Å².